The summed E-state index contributed by atoms with van der Waals surface area (Å²) in [6.45, 7) is 3.39. The maximum atomic E-state index is 12.0. The van der Waals surface area contributed by atoms with E-state index in [1.807, 2.05) is 13.1 Å². The van der Waals surface area contributed by atoms with Crippen LogP contribution in [-0.4, -0.2) is 25.5 Å². The van der Waals surface area contributed by atoms with Gasteiger partial charge < -0.3 is 15.5 Å². The largest absolute Gasteiger partial charge is 0.369 e. The Morgan fingerprint density at radius 3 is 2.85 bits per heavy atom. The molecule has 1 saturated heterocycles. The summed E-state index contributed by atoms with van der Waals surface area (Å²) in [5.41, 5.74) is 9.09. The molecule has 0 radical (unpaired) electrons. The first kappa shape index (κ1) is 13.4. The highest BCUT2D eigenvalue weighted by Crippen LogP contribution is 2.37. The Bertz CT molecular complexity index is 528. The van der Waals surface area contributed by atoms with Crippen LogP contribution < -0.4 is 15.5 Å². The van der Waals surface area contributed by atoms with Crippen molar-refractivity contribution in [1.82, 2.24) is 0 Å². The van der Waals surface area contributed by atoms with Crippen LogP contribution in [0.4, 0.5) is 11.4 Å². The van der Waals surface area contributed by atoms with E-state index in [9.17, 15) is 4.79 Å². The number of anilines is 2. The average molecular weight is 273 g/mol. The first-order chi connectivity index (χ1) is 9.59. The van der Waals surface area contributed by atoms with Gasteiger partial charge in [-0.05, 0) is 31.9 Å². The monoisotopic (exact) mass is 273 g/mol. The highest BCUT2D eigenvalue weighted by molar-refractivity contribution is 6.04. The molecule has 2 aliphatic rings. The molecule has 2 unspecified atom stereocenters. The summed E-state index contributed by atoms with van der Waals surface area (Å²) in [6, 6.07) is 6.33. The smallest absolute Gasteiger partial charge is 0.248 e. The second-order valence-electron chi connectivity index (χ2n) is 6.01. The quantitative estimate of drug-likeness (QED) is 0.855. The third-order valence-electron chi connectivity index (χ3n) is 4.69. The number of benzene rings is 1. The van der Waals surface area contributed by atoms with Crippen molar-refractivity contribution >= 4 is 17.3 Å². The van der Waals surface area contributed by atoms with Crippen LogP contribution in [-0.2, 0) is 4.79 Å². The van der Waals surface area contributed by atoms with Gasteiger partial charge in [-0.1, -0.05) is 18.9 Å². The van der Waals surface area contributed by atoms with E-state index in [0.29, 0.717) is 6.04 Å². The molecule has 0 aliphatic carbocycles. The molecule has 1 fully saturated rings. The molecule has 0 saturated carbocycles. The van der Waals surface area contributed by atoms with Crippen molar-refractivity contribution in [2.24, 2.45) is 5.73 Å². The van der Waals surface area contributed by atoms with E-state index in [2.05, 4.69) is 24.0 Å². The number of likely N-dealkylation sites (N-methyl/N-ethyl adjacent to an activating group) is 1. The Morgan fingerprint density at radius 2 is 2.05 bits per heavy atom. The summed E-state index contributed by atoms with van der Waals surface area (Å²) >= 11 is 0. The van der Waals surface area contributed by atoms with E-state index in [-0.39, 0.29) is 5.91 Å². The summed E-state index contributed by atoms with van der Waals surface area (Å²) in [5, 5.41) is 0. The molecule has 0 aromatic heterocycles. The van der Waals surface area contributed by atoms with Gasteiger partial charge in [0.25, 0.3) is 0 Å². The zero-order chi connectivity index (χ0) is 14.3. The molecule has 2 N–H and O–H groups in total. The van der Waals surface area contributed by atoms with E-state index in [0.717, 1.165) is 17.8 Å². The van der Waals surface area contributed by atoms with Gasteiger partial charge >= 0.3 is 0 Å². The van der Waals surface area contributed by atoms with Gasteiger partial charge in [-0.2, -0.15) is 0 Å². The number of rotatable bonds is 1. The van der Waals surface area contributed by atoms with Gasteiger partial charge in [0.1, 0.15) is 6.04 Å². The highest BCUT2D eigenvalue weighted by Gasteiger charge is 2.33. The van der Waals surface area contributed by atoms with E-state index in [4.69, 9.17) is 5.73 Å². The van der Waals surface area contributed by atoms with Crippen molar-refractivity contribution < 1.29 is 4.79 Å². The third-order valence-corrected chi connectivity index (χ3v) is 4.69. The normalized spacial score (nSPS) is 26.6. The number of carbonyl (C=O) groups is 1. The van der Waals surface area contributed by atoms with Crippen molar-refractivity contribution in [3.05, 3.63) is 23.8 Å². The molecule has 2 heterocycles. The molecule has 0 bridgehead atoms. The lowest BCUT2D eigenvalue weighted by Crippen LogP contribution is -2.32. The topological polar surface area (TPSA) is 49.6 Å². The number of nitrogens with two attached hydrogens (primary N) is 1. The van der Waals surface area contributed by atoms with Crippen LogP contribution in [0.3, 0.4) is 0 Å². The zero-order valence-corrected chi connectivity index (χ0v) is 12.3. The van der Waals surface area contributed by atoms with Gasteiger partial charge in [-0.15, -0.1) is 0 Å². The maximum Gasteiger partial charge on any atom is 0.248 e. The Balaban J connectivity index is 1.95. The van der Waals surface area contributed by atoms with E-state index < -0.39 is 6.04 Å². The van der Waals surface area contributed by atoms with Crippen molar-refractivity contribution in [1.29, 1.82) is 0 Å². The lowest BCUT2D eigenvalue weighted by Gasteiger charge is -2.30. The van der Waals surface area contributed by atoms with Crippen LogP contribution in [0.2, 0.25) is 0 Å². The van der Waals surface area contributed by atoms with Gasteiger partial charge in [-0.3, -0.25) is 4.79 Å². The number of carbonyl (C=O) groups excluding carboxylic acids is 1. The van der Waals surface area contributed by atoms with E-state index in [1.54, 1.807) is 4.90 Å². The Morgan fingerprint density at radius 1 is 1.25 bits per heavy atom. The summed E-state index contributed by atoms with van der Waals surface area (Å²) < 4.78 is 0. The lowest BCUT2D eigenvalue weighted by molar-refractivity contribution is -0.118. The number of fused-ring (bicyclic) bond motifs is 1. The maximum absolute atomic E-state index is 12.0. The number of hydrogen-bond donors (Lipinski definition) is 1. The minimum absolute atomic E-state index is 0.0129. The van der Waals surface area contributed by atoms with Gasteiger partial charge in [0.15, 0.2) is 0 Å². The highest BCUT2D eigenvalue weighted by atomic mass is 16.2. The molecular formula is C16H23N3O. The summed E-state index contributed by atoms with van der Waals surface area (Å²) in [7, 11) is 1.81. The SMILES string of the molecule is CC1CCCCCN1c1ccc2c(c1)N(C)C(=O)C2N. The lowest BCUT2D eigenvalue weighted by atomic mass is 10.1. The second-order valence-corrected chi connectivity index (χ2v) is 6.01. The number of amides is 1. The molecule has 1 aromatic carbocycles. The average Bonchev–Trinajstić information content (AvgIpc) is 2.64. The molecule has 4 nitrogen and oxygen atoms in total. The number of nitrogens with zero attached hydrogens (tertiary/aromatic N) is 2. The van der Waals surface area contributed by atoms with Crippen LogP contribution in [0.25, 0.3) is 0 Å². The van der Waals surface area contributed by atoms with Gasteiger partial charge in [0, 0.05) is 30.9 Å². The fourth-order valence-electron chi connectivity index (χ4n) is 3.38. The molecule has 2 aliphatic heterocycles. The van der Waals surface area contributed by atoms with Crippen LogP contribution in [0, 0.1) is 0 Å². The first-order valence-corrected chi connectivity index (χ1v) is 7.53. The standard InChI is InChI=1S/C16H23N3O/c1-11-6-4-3-5-9-19(11)12-7-8-13-14(10-12)18(2)16(20)15(13)17/h7-8,10-11,15H,3-6,9,17H2,1-2H3. The van der Waals surface area contributed by atoms with Crippen LogP contribution >= 0.6 is 0 Å². The summed E-state index contributed by atoms with van der Waals surface area (Å²) in [4.78, 5) is 16.1. The van der Waals surface area contributed by atoms with E-state index >= 15 is 0 Å². The third kappa shape index (κ3) is 2.08. The van der Waals surface area contributed by atoms with Gasteiger partial charge in [0.2, 0.25) is 5.91 Å². The van der Waals surface area contributed by atoms with Crippen molar-refractivity contribution in [3.8, 4) is 0 Å². The van der Waals surface area contributed by atoms with E-state index in [1.165, 1.54) is 31.4 Å². The van der Waals surface area contributed by atoms with Crippen molar-refractivity contribution in [3.63, 3.8) is 0 Å². The molecule has 3 rings (SSSR count). The van der Waals surface area contributed by atoms with Crippen molar-refractivity contribution in [2.45, 2.75) is 44.7 Å². The Kier molecular flexibility index (Phi) is 3.42. The molecule has 1 aromatic rings. The first-order valence-electron chi connectivity index (χ1n) is 7.53. The number of hydrogen-bond acceptors (Lipinski definition) is 3. The summed E-state index contributed by atoms with van der Waals surface area (Å²) in [6.07, 6.45) is 5.11. The molecule has 0 spiro atoms. The molecule has 2 atom stereocenters. The molecule has 1 amide bonds. The van der Waals surface area contributed by atoms with Crippen molar-refractivity contribution in [2.75, 3.05) is 23.4 Å². The zero-order valence-electron chi connectivity index (χ0n) is 12.3. The fraction of sp³-hybridized carbons (Fsp3) is 0.562. The van der Waals surface area contributed by atoms with Gasteiger partial charge in [-0.25, -0.2) is 0 Å². The Labute approximate surface area is 120 Å². The fourth-order valence-corrected chi connectivity index (χ4v) is 3.38. The molecular weight excluding hydrogens is 250 g/mol. The molecule has 4 heteroatoms. The minimum Gasteiger partial charge on any atom is -0.369 e. The van der Waals surface area contributed by atoms with Crippen LogP contribution in [0.5, 0.6) is 0 Å². The second kappa shape index (κ2) is 5.09. The predicted octanol–water partition coefficient (Wildman–Crippen LogP) is 2.43. The summed E-state index contributed by atoms with van der Waals surface area (Å²) in [5.74, 6) is -0.0129. The van der Waals surface area contributed by atoms with Crippen LogP contribution in [0.1, 0.15) is 44.2 Å². The van der Waals surface area contributed by atoms with Crippen LogP contribution in [0.15, 0.2) is 18.2 Å². The molecule has 20 heavy (non-hydrogen) atoms. The predicted molar refractivity (Wildman–Crippen MR) is 82.1 cm³/mol. The Hall–Kier alpha value is -1.55. The molecule has 108 valence electrons. The minimum atomic E-state index is -0.495. The van der Waals surface area contributed by atoms with Gasteiger partial charge in [0.05, 0.1) is 5.69 Å².